The number of amides is 1. The second-order valence-corrected chi connectivity index (χ2v) is 4.47. The molecule has 0 saturated heterocycles. The molecule has 64 valence electrons. The van der Waals surface area contributed by atoms with Gasteiger partial charge in [0.2, 0.25) is 5.91 Å². The lowest BCUT2D eigenvalue weighted by Gasteiger charge is -2.17. The van der Waals surface area contributed by atoms with Crippen molar-refractivity contribution in [1.29, 1.82) is 0 Å². The monoisotopic (exact) mass is 267 g/mol. The Labute approximate surface area is 81.5 Å². The van der Waals surface area contributed by atoms with Crippen molar-refractivity contribution in [3.05, 3.63) is 0 Å². The second kappa shape index (κ2) is 3.74. The van der Waals surface area contributed by atoms with Gasteiger partial charge in [-0.25, -0.2) is 0 Å². The number of carbonyl (C=O) groups excluding carboxylic acids is 1. The first-order valence-electron chi connectivity index (χ1n) is 4.13. The van der Waals surface area contributed by atoms with E-state index in [0.29, 0.717) is 15.7 Å². The SMILES string of the molecule is CCN(CC)C(=O)[C@@H]1C[C@@H]1I. The van der Waals surface area contributed by atoms with Crippen molar-refractivity contribution < 1.29 is 4.79 Å². The van der Waals surface area contributed by atoms with Gasteiger partial charge in [-0.3, -0.25) is 4.79 Å². The van der Waals surface area contributed by atoms with Crippen LogP contribution in [0.1, 0.15) is 20.3 Å². The van der Waals surface area contributed by atoms with Crippen molar-refractivity contribution in [3.63, 3.8) is 0 Å². The zero-order valence-electron chi connectivity index (χ0n) is 7.01. The fourth-order valence-corrected chi connectivity index (χ4v) is 2.04. The molecule has 11 heavy (non-hydrogen) atoms. The van der Waals surface area contributed by atoms with Crippen LogP contribution in [0.15, 0.2) is 0 Å². The first-order valence-corrected chi connectivity index (χ1v) is 5.38. The molecule has 1 aliphatic rings. The van der Waals surface area contributed by atoms with Crippen molar-refractivity contribution in [3.8, 4) is 0 Å². The highest BCUT2D eigenvalue weighted by atomic mass is 127. The van der Waals surface area contributed by atoms with Crippen LogP contribution in [0.2, 0.25) is 0 Å². The largest absolute Gasteiger partial charge is 0.343 e. The first kappa shape index (κ1) is 9.29. The van der Waals surface area contributed by atoms with Crippen molar-refractivity contribution in [2.75, 3.05) is 13.1 Å². The summed E-state index contributed by atoms with van der Waals surface area (Å²) in [6.07, 6.45) is 1.09. The van der Waals surface area contributed by atoms with Gasteiger partial charge < -0.3 is 4.90 Å². The average molecular weight is 267 g/mol. The maximum absolute atomic E-state index is 11.5. The summed E-state index contributed by atoms with van der Waals surface area (Å²) in [6.45, 7) is 5.78. The molecule has 1 rings (SSSR count). The maximum Gasteiger partial charge on any atom is 0.226 e. The van der Waals surface area contributed by atoms with Crippen LogP contribution in [0.25, 0.3) is 0 Å². The quantitative estimate of drug-likeness (QED) is 0.562. The van der Waals surface area contributed by atoms with E-state index < -0.39 is 0 Å². The fraction of sp³-hybridized carbons (Fsp3) is 0.875. The molecule has 0 radical (unpaired) electrons. The Hall–Kier alpha value is 0.200. The molecular formula is C8H14INO. The average Bonchev–Trinajstić information content (AvgIpc) is 2.69. The minimum Gasteiger partial charge on any atom is -0.343 e. The van der Waals surface area contributed by atoms with E-state index >= 15 is 0 Å². The maximum atomic E-state index is 11.5. The molecule has 1 amide bonds. The van der Waals surface area contributed by atoms with E-state index in [1.165, 1.54) is 0 Å². The van der Waals surface area contributed by atoms with E-state index in [9.17, 15) is 4.79 Å². The van der Waals surface area contributed by atoms with Gasteiger partial charge in [0.05, 0.1) is 5.92 Å². The van der Waals surface area contributed by atoms with Gasteiger partial charge >= 0.3 is 0 Å². The number of rotatable bonds is 3. The summed E-state index contributed by atoms with van der Waals surface area (Å²) in [5.74, 6) is 0.699. The Morgan fingerprint density at radius 2 is 2.00 bits per heavy atom. The predicted molar refractivity (Wildman–Crippen MR) is 53.8 cm³/mol. The van der Waals surface area contributed by atoms with E-state index in [1.54, 1.807) is 0 Å². The van der Waals surface area contributed by atoms with Crippen LogP contribution in [-0.4, -0.2) is 27.8 Å². The predicted octanol–water partition coefficient (Wildman–Crippen LogP) is 1.68. The number of carbonyl (C=O) groups is 1. The lowest BCUT2D eigenvalue weighted by atomic mass is 10.3. The van der Waals surface area contributed by atoms with Crippen LogP contribution in [0.4, 0.5) is 0 Å². The van der Waals surface area contributed by atoms with Crippen molar-refractivity contribution >= 4 is 28.5 Å². The number of halogens is 1. The van der Waals surface area contributed by atoms with Gasteiger partial charge in [0.15, 0.2) is 0 Å². The Morgan fingerprint density at radius 3 is 2.27 bits per heavy atom. The topological polar surface area (TPSA) is 20.3 Å². The molecule has 0 aromatic carbocycles. The summed E-state index contributed by atoms with van der Waals surface area (Å²) >= 11 is 2.35. The summed E-state index contributed by atoms with van der Waals surface area (Å²) < 4.78 is 0.612. The van der Waals surface area contributed by atoms with Crippen molar-refractivity contribution in [2.24, 2.45) is 5.92 Å². The number of hydrogen-bond donors (Lipinski definition) is 0. The Bertz CT molecular complexity index is 156. The molecule has 0 heterocycles. The smallest absolute Gasteiger partial charge is 0.226 e. The third-order valence-electron chi connectivity index (χ3n) is 2.10. The Kier molecular flexibility index (Phi) is 3.16. The van der Waals surface area contributed by atoms with Gasteiger partial charge in [0, 0.05) is 17.0 Å². The third kappa shape index (κ3) is 2.07. The second-order valence-electron chi connectivity index (χ2n) is 2.87. The molecule has 2 nitrogen and oxygen atoms in total. The highest BCUT2D eigenvalue weighted by molar-refractivity contribution is 14.1. The summed E-state index contributed by atoms with van der Waals surface area (Å²) in [7, 11) is 0. The van der Waals surface area contributed by atoms with E-state index in [0.717, 1.165) is 19.5 Å². The molecule has 0 aromatic heterocycles. The number of hydrogen-bond acceptors (Lipinski definition) is 1. The van der Waals surface area contributed by atoms with Crippen LogP contribution in [0, 0.1) is 5.92 Å². The minimum absolute atomic E-state index is 0.343. The third-order valence-corrected chi connectivity index (χ3v) is 3.48. The van der Waals surface area contributed by atoms with Crippen LogP contribution in [0.3, 0.4) is 0 Å². The Morgan fingerprint density at radius 1 is 1.55 bits per heavy atom. The molecule has 1 saturated carbocycles. The molecule has 0 aliphatic heterocycles. The summed E-state index contributed by atoms with van der Waals surface area (Å²) in [5.41, 5.74) is 0. The van der Waals surface area contributed by atoms with Crippen LogP contribution in [0.5, 0.6) is 0 Å². The molecule has 0 aromatic rings. The molecule has 0 bridgehead atoms. The normalized spacial score (nSPS) is 28.3. The van der Waals surface area contributed by atoms with Crippen molar-refractivity contribution in [1.82, 2.24) is 4.90 Å². The highest BCUT2D eigenvalue weighted by Gasteiger charge is 2.42. The molecule has 0 unspecified atom stereocenters. The van der Waals surface area contributed by atoms with Gasteiger partial charge in [-0.05, 0) is 20.3 Å². The first-order chi connectivity index (χ1) is 5.20. The van der Waals surface area contributed by atoms with E-state index in [1.807, 2.05) is 18.7 Å². The van der Waals surface area contributed by atoms with E-state index in [2.05, 4.69) is 22.6 Å². The van der Waals surface area contributed by atoms with E-state index in [4.69, 9.17) is 0 Å². The van der Waals surface area contributed by atoms with Gasteiger partial charge in [-0.2, -0.15) is 0 Å². The fourth-order valence-electron chi connectivity index (χ4n) is 1.19. The molecule has 2 atom stereocenters. The van der Waals surface area contributed by atoms with E-state index in [-0.39, 0.29) is 0 Å². The molecule has 1 aliphatic carbocycles. The molecular weight excluding hydrogens is 253 g/mol. The zero-order valence-corrected chi connectivity index (χ0v) is 9.17. The van der Waals surface area contributed by atoms with Crippen LogP contribution < -0.4 is 0 Å². The van der Waals surface area contributed by atoms with Gasteiger partial charge in [0.25, 0.3) is 0 Å². The van der Waals surface area contributed by atoms with Crippen LogP contribution >= 0.6 is 22.6 Å². The molecule has 3 heteroatoms. The molecule has 0 N–H and O–H groups in total. The summed E-state index contributed by atoms with van der Waals surface area (Å²) in [4.78, 5) is 13.4. The summed E-state index contributed by atoms with van der Waals surface area (Å²) in [5, 5.41) is 0. The highest BCUT2D eigenvalue weighted by Crippen LogP contribution is 2.39. The summed E-state index contributed by atoms with van der Waals surface area (Å²) in [6, 6.07) is 0. The van der Waals surface area contributed by atoms with Crippen molar-refractivity contribution in [2.45, 2.75) is 24.2 Å². The lowest BCUT2D eigenvalue weighted by molar-refractivity contribution is -0.132. The molecule has 1 fully saturated rings. The zero-order chi connectivity index (χ0) is 8.43. The number of nitrogens with zero attached hydrogens (tertiary/aromatic N) is 1. The lowest BCUT2D eigenvalue weighted by Crippen LogP contribution is -2.32. The minimum atomic E-state index is 0.343. The molecule has 0 spiro atoms. The Balaban J connectivity index is 2.39. The van der Waals surface area contributed by atoms with Crippen LogP contribution in [-0.2, 0) is 4.79 Å². The van der Waals surface area contributed by atoms with Gasteiger partial charge in [-0.15, -0.1) is 0 Å². The van der Waals surface area contributed by atoms with Gasteiger partial charge in [0.1, 0.15) is 0 Å². The number of alkyl halides is 1. The van der Waals surface area contributed by atoms with Gasteiger partial charge in [-0.1, -0.05) is 22.6 Å². The standard InChI is InChI=1S/C8H14INO/c1-3-10(4-2)8(11)6-5-7(6)9/h6-7H,3-5H2,1-2H3/t6-,7+/m1/s1.